The van der Waals surface area contributed by atoms with Crippen LogP contribution in [0, 0.1) is 0 Å². The average Bonchev–Trinajstić information content (AvgIpc) is 3.09. The molecule has 0 aromatic heterocycles. The van der Waals surface area contributed by atoms with Crippen LogP contribution >= 0.6 is 0 Å². The van der Waals surface area contributed by atoms with Gasteiger partial charge in [-0.15, -0.1) is 0 Å². The number of hydrogen-bond acceptors (Lipinski definition) is 6. The topological polar surface area (TPSA) is 62.2 Å². The molecule has 31 heavy (non-hydrogen) atoms. The molecule has 1 fully saturated rings. The highest BCUT2D eigenvalue weighted by molar-refractivity contribution is 5.94. The van der Waals surface area contributed by atoms with Crippen LogP contribution in [0.2, 0.25) is 0 Å². The van der Waals surface area contributed by atoms with E-state index in [1.807, 2.05) is 30.3 Å². The highest BCUT2D eigenvalue weighted by atomic mass is 16.5. The molecule has 0 saturated carbocycles. The number of fused-ring (bicyclic) bond motifs is 1. The monoisotopic (exact) mass is 424 g/mol. The van der Waals surface area contributed by atoms with E-state index < -0.39 is 0 Å². The summed E-state index contributed by atoms with van der Waals surface area (Å²) < 4.78 is 11.5. The van der Waals surface area contributed by atoms with E-state index in [1.54, 1.807) is 6.07 Å². The lowest BCUT2D eigenvalue weighted by molar-refractivity contribution is 0.0364. The van der Waals surface area contributed by atoms with Crippen LogP contribution in [0.3, 0.4) is 0 Å². The number of hydrogen-bond donors (Lipinski definition) is 1. The van der Waals surface area contributed by atoms with Crippen molar-refractivity contribution in [2.24, 2.45) is 0 Å². The van der Waals surface area contributed by atoms with Crippen LogP contribution in [-0.4, -0.2) is 54.1 Å². The van der Waals surface area contributed by atoms with Crippen molar-refractivity contribution in [3.8, 4) is 11.5 Å². The summed E-state index contributed by atoms with van der Waals surface area (Å²) in [6.45, 7) is 7.20. The summed E-state index contributed by atoms with van der Waals surface area (Å²) in [6, 6.07) is 11.4. The molecule has 166 valence electrons. The summed E-state index contributed by atoms with van der Waals surface area (Å²) in [4.78, 5) is 16.9. The predicted octanol–water partition coefficient (Wildman–Crippen LogP) is 4.12. The molecule has 0 radical (unpaired) electrons. The molecule has 4 rings (SSSR count). The molecular weight excluding hydrogens is 392 g/mol. The molecule has 0 spiro atoms. The van der Waals surface area contributed by atoms with Gasteiger partial charge in [-0.3, -0.25) is 4.90 Å². The SMILES string of the molecule is CCCCC1OC(=O)c2cc(OCc3cccc(CN4CCN(C)CC4)c3O)ccc21. The van der Waals surface area contributed by atoms with E-state index in [0.717, 1.165) is 68.7 Å². The third-order valence-electron chi connectivity index (χ3n) is 6.25. The van der Waals surface area contributed by atoms with Crippen molar-refractivity contribution in [2.45, 2.75) is 45.4 Å². The van der Waals surface area contributed by atoms with Crippen molar-refractivity contribution in [1.82, 2.24) is 9.80 Å². The first-order valence-electron chi connectivity index (χ1n) is 11.2. The Morgan fingerprint density at radius 1 is 1.13 bits per heavy atom. The van der Waals surface area contributed by atoms with Crippen molar-refractivity contribution in [3.05, 3.63) is 58.7 Å². The molecule has 1 N–H and O–H groups in total. The Bertz CT molecular complexity index is 922. The number of esters is 1. The van der Waals surface area contributed by atoms with Gasteiger partial charge in [0.1, 0.15) is 24.2 Å². The zero-order valence-corrected chi connectivity index (χ0v) is 18.5. The lowest BCUT2D eigenvalue weighted by Crippen LogP contribution is -2.43. The summed E-state index contributed by atoms with van der Waals surface area (Å²) in [5, 5.41) is 10.8. The number of para-hydroxylation sites is 1. The molecule has 6 heteroatoms. The number of benzene rings is 2. The van der Waals surface area contributed by atoms with E-state index in [-0.39, 0.29) is 18.7 Å². The second-order valence-corrected chi connectivity index (χ2v) is 8.58. The maximum Gasteiger partial charge on any atom is 0.339 e. The van der Waals surface area contributed by atoms with E-state index in [4.69, 9.17) is 9.47 Å². The summed E-state index contributed by atoms with van der Waals surface area (Å²) in [6.07, 6.45) is 2.80. The number of phenolic OH excluding ortho intramolecular Hbond substituents is 1. The minimum atomic E-state index is -0.279. The standard InChI is InChI=1S/C25H32N2O4/c1-3-4-8-23-21-10-9-20(15-22(21)25(29)31-23)30-17-19-7-5-6-18(24(19)28)16-27-13-11-26(2)12-14-27/h5-7,9-10,15,23,28H,3-4,8,11-14,16-17H2,1-2H3. The maximum absolute atomic E-state index is 12.2. The van der Waals surface area contributed by atoms with Crippen molar-refractivity contribution in [3.63, 3.8) is 0 Å². The molecule has 1 atom stereocenters. The number of phenols is 1. The van der Waals surface area contributed by atoms with Gasteiger partial charge in [0.05, 0.1) is 5.56 Å². The Morgan fingerprint density at radius 3 is 2.68 bits per heavy atom. The number of cyclic esters (lactones) is 1. The van der Waals surface area contributed by atoms with E-state index in [9.17, 15) is 9.90 Å². The number of aromatic hydroxyl groups is 1. The number of carbonyl (C=O) groups excluding carboxylic acids is 1. The van der Waals surface area contributed by atoms with Crippen molar-refractivity contribution >= 4 is 5.97 Å². The van der Waals surface area contributed by atoms with Gasteiger partial charge in [0, 0.05) is 49.4 Å². The molecule has 2 heterocycles. The summed E-state index contributed by atoms with van der Waals surface area (Å²) in [5.41, 5.74) is 3.20. The Morgan fingerprint density at radius 2 is 1.90 bits per heavy atom. The summed E-state index contributed by atoms with van der Waals surface area (Å²) >= 11 is 0. The van der Waals surface area contributed by atoms with Gasteiger partial charge in [0.2, 0.25) is 0 Å². The lowest BCUT2D eigenvalue weighted by Gasteiger charge is -2.32. The van der Waals surface area contributed by atoms with E-state index in [2.05, 4.69) is 23.8 Å². The highest BCUT2D eigenvalue weighted by Crippen LogP contribution is 2.36. The number of unbranched alkanes of at least 4 members (excludes halogenated alkanes) is 1. The van der Waals surface area contributed by atoms with E-state index >= 15 is 0 Å². The zero-order valence-electron chi connectivity index (χ0n) is 18.5. The Kier molecular flexibility index (Phi) is 6.78. The smallest absolute Gasteiger partial charge is 0.339 e. The van der Waals surface area contributed by atoms with Crippen LogP contribution < -0.4 is 4.74 Å². The normalized spacial score (nSPS) is 19.3. The van der Waals surface area contributed by atoms with Crippen LogP contribution in [0.4, 0.5) is 0 Å². The minimum absolute atomic E-state index is 0.146. The van der Waals surface area contributed by atoms with Gasteiger partial charge in [-0.05, 0) is 32.0 Å². The third kappa shape index (κ3) is 5.02. The van der Waals surface area contributed by atoms with Gasteiger partial charge < -0.3 is 19.5 Å². The number of nitrogens with zero attached hydrogens (tertiary/aromatic N) is 2. The number of rotatable bonds is 8. The fourth-order valence-corrected chi connectivity index (χ4v) is 4.24. The van der Waals surface area contributed by atoms with Gasteiger partial charge in [-0.2, -0.15) is 0 Å². The van der Waals surface area contributed by atoms with Crippen LogP contribution in [0.1, 0.15) is 59.3 Å². The first-order chi connectivity index (χ1) is 15.0. The first kappa shape index (κ1) is 21.7. The maximum atomic E-state index is 12.2. The van der Waals surface area contributed by atoms with Crippen molar-refractivity contribution < 1.29 is 19.4 Å². The van der Waals surface area contributed by atoms with E-state index in [0.29, 0.717) is 17.1 Å². The number of ether oxygens (including phenoxy) is 2. The Labute approximate surface area is 184 Å². The van der Waals surface area contributed by atoms with Crippen LogP contribution in [-0.2, 0) is 17.9 Å². The fraction of sp³-hybridized carbons (Fsp3) is 0.480. The molecule has 0 amide bonds. The average molecular weight is 425 g/mol. The number of likely N-dealkylation sites (N-methyl/N-ethyl adjacent to an activating group) is 1. The van der Waals surface area contributed by atoms with Crippen molar-refractivity contribution in [2.75, 3.05) is 33.2 Å². The van der Waals surface area contributed by atoms with Crippen LogP contribution in [0.5, 0.6) is 11.5 Å². The molecule has 2 aromatic carbocycles. The number of piperazine rings is 1. The quantitative estimate of drug-likeness (QED) is 0.643. The van der Waals surface area contributed by atoms with Crippen LogP contribution in [0.25, 0.3) is 0 Å². The van der Waals surface area contributed by atoms with Gasteiger partial charge in [-0.1, -0.05) is 37.6 Å². The largest absolute Gasteiger partial charge is 0.507 e. The highest BCUT2D eigenvalue weighted by Gasteiger charge is 2.30. The predicted molar refractivity (Wildman–Crippen MR) is 119 cm³/mol. The van der Waals surface area contributed by atoms with Crippen LogP contribution in [0.15, 0.2) is 36.4 Å². The zero-order chi connectivity index (χ0) is 21.8. The molecule has 1 saturated heterocycles. The fourth-order valence-electron chi connectivity index (χ4n) is 4.24. The molecule has 0 bridgehead atoms. The second kappa shape index (κ2) is 9.71. The van der Waals surface area contributed by atoms with Gasteiger partial charge in [0.25, 0.3) is 0 Å². The molecule has 6 nitrogen and oxygen atoms in total. The molecule has 1 unspecified atom stereocenters. The van der Waals surface area contributed by atoms with E-state index in [1.165, 1.54) is 0 Å². The van der Waals surface area contributed by atoms with Gasteiger partial charge in [0.15, 0.2) is 0 Å². The summed E-state index contributed by atoms with van der Waals surface area (Å²) in [7, 11) is 2.14. The lowest BCUT2D eigenvalue weighted by atomic mass is 10.0. The minimum Gasteiger partial charge on any atom is -0.507 e. The molecular formula is C25H32N2O4. The number of carbonyl (C=O) groups is 1. The van der Waals surface area contributed by atoms with Gasteiger partial charge in [-0.25, -0.2) is 4.79 Å². The molecule has 2 aliphatic heterocycles. The molecule has 2 aliphatic rings. The second-order valence-electron chi connectivity index (χ2n) is 8.58. The first-order valence-corrected chi connectivity index (χ1v) is 11.2. The summed E-state index contributed by atoms with van der Waals surface area (Å²) in [5.74, 6) is 0.621. The third-order valence-corrected chi connectivity index (χ3v) is 6.25. The Balaban J connectivity index is 1.40. The van der Waals surface area contributed by atoms with Crippen molar-refractivity contribution in [1.29, 1.82) is 0 Å². The Hall–Kier alpha value is -2.57. The van der Waals surface area contributed by atoms with Gasteiger partial charge >= 0.3 is 5.97 Å². The molecule has 2 aromatic rings. The molecule has 0 aliphatic carbocycles.